The van der Waals surface area contributed by atoms with Gasteiger partial charge in [0.2, 0.25) is 0 Å². The van der Waals surface area contributed by atoms with Crippen LogP contribution in [0, 0.1) is 11.3 Å². The van der Waals surface area contributed by atoms with Gasteiger partial charge in [-0.2, -0.15) is 5.26 Å². The van der Waals surface area contributed by atoms with Gasteiger partial charge in [0.1, 0.15) is 6.04 Å². The summed E-state index contributed by atoms with van der Waals surface area (Å²) >= 11 is 0. The van der Waals surface area contributed by atoms with Gasteiger partial charge in [-0.3, -0.25) is 5.32 Å². The summed E-state index contributed by atoms with van der Waals surface area (Å²) < 4.78 is 0. The van der Waals surface area contributed by atoms with Crippen molar-refractivity contribution >= 4 is 0 Å². The average Bonchev–Trinajstić information content (AvgIpc) is 2.17. The van der Waals surface area contributed by atoms with Gasteiger partial charge in [-0.05, 0) is 12.8 Å². The van der Waals surface area contributed by atoms with E-state index in [4.69, 9.17) is 5.26 Å². The fourth-order valence-electron chi connectivity index (χ4n) is 2.24. The highest BCUT2D eigenvalue weighted by Gasteiger charge is 2.30. The molecule has 0 amide bonds. The first-order valence-electron chi connectivity index (χ1n) is 4.79. The number of nitrogens with one attached hydrogen (secondary N) is 2. The van der Waals surface area contributed by atoms with Gasteiger partial charge >= 0.3 is 0 Å². The van der Waals surface area contributed by atoms with E-state index in [-0.39, 0.29) is 6.04 Å². The summed E-state index contributed by atoms with van der Waals surface area (Å²) in [5.41, 5.74) is 0. The predicted molar refractivity (Wildman–Crippen MR) is 46.6 cm³/mol. The molecule has 2 rings (SSSR count). The molecule has 2 N–H and O–H groups in total. The van der Waals surface area contributed by atoms with Crippen molar-refractivity contribution in [2.45, 2.75) is 43.8 Å². The zero-order valence-electron chi connectivity index (χ0n) is 7.21. The number of rotatable bonds is 0. The van der Waals surface area contributed by atoms with Gasteiger partial charge in [-0.1, -0.05) is 12.8 Å². The smallest absolute Gasteiger partial charge is 0.108 e. The molecule has 2 fully saturated rings. The molecule has 1 saturated heterocycles. The Hall–Kier alpha value is -0.590. The molecule has 66 valence electrons. The van der Waals surface area contributed by atoms with Crippen LogP contribution in [-0.4, -0.2) is 24.7 Å². The molecule has 1 aliphatic carbocycles. The number of hydrogen-bond acceptors (Lipinski definition) is 3. The summed E-state index contributed by atoms with van der Waals surface area (Å²) in [6.45, 7) is 0.817. The predicted octanol–water partition coefficient (Wildman–Crippen LogP) is 0.383. The Bertz CT molecular complexity index is 196. The zero-order chi connectivity index (χ0) is 8.39. The van der Waals surface area contributed by atoms with E-state index >= 15 is 0 Å². The first-order chi connectivity index (χ1) is 5.90. The number of nitrogens with zero attached hydrogens (tertiary/aromatic N) is 1. The Morgan fingerprint density at radius 1 is 1.17 bits per heavy atom. The lowest BCUT2D eigenvalue weighted by molar-refractivity contribution is 0.231. The minimum Gasteiger partial charge on any atom is -0.310 e. The standard InChI is InChI=1S/C9H15N3/c10-5-7-6-11-8-3-1-2-4-9(8)12-7/h7-9,11-12H,1-4,6H2/t7-,8-,9+/m1/s1. The van der Waals surface area contributed by atoms with Crippen molar-refractivity contribution in [1.29, 1.82) is 5.26 Å². The van der Waals surface area contributed by atoms with Crippen molar-refractivity contribution in [2.24, 2.45) is 0 Å². The van der Waals surface area contributed by atoms with Crippen LogP contribution in [0.25, 0.3) is 0 Å². The average molecular weight is 165 g/mol. The summed E-state index contributed by atoms with van der Waals surface area (Å²) in [6, 6.07) is 3.48. The lowest BCUT2D eigenvalue weighted by Crippen LogP contribution is -2.61. The second-order valence-corrected chi connectivity index (χ2v) is 3.75. The summed E-state index contributed by atoms with van der Waals surface area (Å²) in [6.07, 6.45) is 5.16. The molecule has 0 radical (unpaired) electrons. The Morgan fingerprint density at radius 2 is 1.92 bits per heavy atom. The van der Waals surface area contributed by atoms with E-state index < -0.39 is 0 Å². The molecular formula is C9H15N3. The molecule has 1 aliphatic heterocycles. The minimum absolute atomic E-state index is 0.0318. The maximum Gasteiger partial charge on any atom is 0.108 e. The third-order valence-electron chi connectivity index (χ3n) is 2.92. The van der Waals surface area contributed by atoms with Crippen molar-refractivity contribution in [3.05, 3.63) is 0 Å². The first-order valence-corrected chi connectivity index (χ1v) is 4.79. The maximum atomic E-state index is 8.73. The molecule has 1 heterocycles. The van der Waals surface area contributed by atoms with Gasteiger partial charge in [0.15, 0.2) is 0 Å². The Kier molecular flexibility index (Phi) is 2.29. The second kappa shape index (κ2) is 3.42. The van der Waals surface area contributed by atoms with Gasteiger partial charge in [-0.25, -0.2) is 0 Å². The number of hydrogen-bond donors (Lipinski definition) is 2. The molecule has 0 aromatic heterocycles. The third-order valence-corrected chi connectivity index (χ3v) is 2.92. The largest absolute Gasteiger partial charge is 0.310 e. The van der Waals surface area contributed by atoms with Crippen LogP contribution in [0.4, 0.5) is 0 Å². The van der Waals surface area contributed by atoms with Gasteiger partial charge in [-0.15, -0.1) is 0 Å². The van der Waals surface area contributed by atoms with E-state index in [1.807, 2.05) is 0 Å². The van der Waals surface area contributed by atoms with Gasteiger partial charge < -0.3 is 5.32 Å². The molecule has 0 aromatic rings. The fourth-order valence-corrected chi connectivity index (χ4v) is 2.24. The van der Waals surface area contributed by atoms with Crippen molar-refractivity contribution in [3.8, 4) is 6.07 Å². The SMILES string of the molecule is N#C[C@@H]1CN[C@@H]2CCCC[C@@H]2N1. The molecule has 0 unspecified atom stereocenters. The molecule has 3 heteroatoms. The molecular weight excluding hydrogens is 150 g/mol. The van der Waals surface area contributed by atoms with E-state index in [1.54, 1.807) is 0 Å². The fraction of sp³-hybridized carbons (Fsp3) is 0.889. The highest BCUT2D eigenvalue weighted by Crippen LogP contribution is 2.20. The molecule has 2 aliphatic rings. The normalized spacial score (nSPS) is 41.4. The molecule has 0 aromatic carbocycles. The topological polar surface area (TPSA) is 47.9 Å². The van der Waals surface area contributed by atoms with Gasteiger partial charge in [0.25, 0.3) is 0 Å². The van der Waals surface area contributed by atoms with Crippen LogP contribution in [0.15, 0.2) is 0 Å². The van der Waals surface area contributed by atoms with Crippen LogP contribution in [-0.2, 0) is 0 Å². The summed E-state index contributed by atoms with van der Waals surface area (Å²) in [4.78, 5) is 0. The number of fused-ring (bicyclic) bond motifs is 1. The first kappa shape index (κ1) is 8.03. The zero-order valence-corrected chi connectivity index (χ0v) is 7.21. The van der Waals surface area contributed by atoms with Crippen LogP contribution in [0.2, 0.25) is 0 Å². The Labute approximate surface area is 73.1 Å². The lowest BCUT2D eigenvalue weighted by atomic mass is 9.88. The number of piperazine rings is 1. The van der Waals surface area contributed by atoms with Gasteiger partial charge in [0.05, 0.1) is 6.07 Å². The van der Waals surface area contributed by atoms with E-state index in [1.165, 1.54) is 25.7 Å². The van der Waals surface area contributed by atoms with E-state index in [0.717, 1.165) is 6.54 Å². The molecule has 0 spiro atoms. The molecule has 3 atom stereocenters. The van der Waals surface area contributed by atoms with Crippen LogP contribution >= 0.6 is 0 Å². The molecule has 12 heavy (non-hydrogen) atoms. The van der Waals surface area contributed by atoms with E-state index in [9.17, 15) is 0 Å². The van der Waals surface area contributed by atoms with Gasteiger partial charge in [0, 0.05) is 18.6 Å². The summed E-state index contributed by atoms with van der Waals surface area (Å²) in [7, 11) is 0. The van der Waals surface area contributed by atoms with Crippen LogP contribution < -0.4 is 10.6 Å². The molecule has 0 bridgehead atoms. The Balaban J connectivity index is 1.95. The van der Waals surface area contributed by atoms with Crippen molar-refractivity contribution < 1.29 is 0 Å². The summed E-state index contributed by atoms with van der Waals surface area (Å²) in [5.74, 6) is 0. The van der Waals surface area contributed by atoms with Crippen molar-refractivity contribution in [1.82, 2.24) is 10.6 Å². The van der Waals surface area contributed by atoms with E-state index in [0.29, 0.717) is 12.1 Å². The Morgan fingerprint density at radius 3 is 2.67 bits per heavy atom. The minimum atomic E-state index is 0.0318. The van der Waals surface area contributed by atoms with Crippen molar-refractivity contribution in [3.63, 3.8) is 0 Å². The molecule has 3 nitrogen and oxygen atoms in total. The maximum absolute atomic E-state index is 8.73. The molecule has 1 saturated carbocycles. The monoisotopic (exact) mass is 165 g/mol. The van der Waals surface area contributed by atoms with E-state index in [2.05, 4.69) is 16.7 Å². The lowest BCUT2D eigenvalue weighted by Gasteiger charge is -2.39. The van der Waals surface area contributed by atoms with Crippen LogP contribution in [0.5, 0.6) is 0 Å². The second-order valence-electron chi connectivity index (χ2n) is 3.75. The van der Waals surface area contributed by atoms with Crippen LogP contribution in [0.3, 0.4) is 0 Å². The quantitative estimate of drug-likeness (QED) is 0.545. The van der Waals surface area contributed by atoms with Crippen LogP contribution in [0.1, 0.15) is 25.7 Å². The summed E-state index contributed by atoms with van der Waals surface area (Å²) in [5, 5.41) is 15.5. The highest BCUT2D eigenvalue weighted by atomic mass is 15.1. The third kappa shape index (κ3) is 1.45. The number of nitriles is 1. The highest BCUT2D eigenvalue weighted by molar-refractivity contribution is 5.02. The van der Waals surface area contributed by atoms with Crippen molar-refractivity contribution in [2.75, 3.05) is 6.54 Å².